The molecule has 24 heavy (non-hydrogen) atoms. The predicted molar refractivity (Wildman–Crippen MR) is 94.4 cm³/mol. The Balaban J connectivity index is 1.76. The van der Waals surface area contributed by atoms with Gasteiger partial charge in [-0.2, -0.15) is 0 Å². The third-order valence-corrected chi connectivity index (χ3v) is 3.84. The van der Waals surface area contributed by atoms with Crippen LogP contribution in [0.4, 0.5) is 0 Å². The number of rotatable bonds is 5. The van der Waals surface area contributed by atoms with Crippen molar-refractivity contribution in [3.05, 3.63) is 76.7 Å². The summed E-state index contributed by atoms with van der Waals surface area (Å²) in [5.74, 6) is 0. The quantitative estimate of drug-likeness (QED) is 0.784. The maximum absolute atomic E-state index is 7.58. The van der Waals surface area contributed by atoms with Crippen LogP contribution in [0.15, 0.2) is 69.6 Å². The average molecular weight is 403 g/mol. The van der Waals surface area contributed by atoms with E-state index in [2.05, 4.69) is 45.6 Å². The van der Waals surface area contributed by atoms with E-state index in [1.165, 1.54) is 4.96 Å². The van der Waals surface area contributed by atoms with Crippen LogP contribution < -0.4 is 0 Å². The third-order valence-electron chi connectivity index (χ3n) is 3.21. The maximum atomic E-state index is 7.58. The summed E-state index contributed by atoms with van der Waals surface area (Å²) in [4.78, 5) is 15.2. The van der Waals surface area contributed by atoms with Crippen LogP contribution in [0.3, 0.4) is 0 Å². The van der Waals surface area contributed by atoms with Gasteiger partial charge >= 0.3 is 156 Å². The molecule has 1 aromatic heterocycles. The molecule has 2 aliphatic rings. The zero-order chi connectivity index (χ0) is 16.9. The fourth-order valence-corrected chi connectivity index (χ4v) is 2.44. The zero-order valence-electron chi connectivity index (χ0n) is 12.4. The number of nitrogens with one attached hydrogen (secondary N) is 2. The van der Waals surface area contributed by atoms with E-state index in [4.69, 9.17) is 5.73 Å². The summed E-state index contributed by atoms with van der Waals surface area (Å²) in [6, 6.07) is 3.86. The summed E-state index contributed by atoms with van der Waals surface area (Å²) < 4.78 is 0. The van der Waals surface area contributed by atoms with Crippen LogP contribution in [0.2, 0.25) is 0 Å². The molecular formula is C18H13Co2N4-. The van der Waals surface area contributed by atoms with E-state index in [0.717, 1.165) is 34.2 Å². The van der Waals surface area contributed by atoms with Crippen LogP contribution in [0.5, 0.6) is 0 Å². The van der Waals surface area contributed by atoms with Gasteiger partial charge in [-0.15, -0.1) is 0 Å². The number of hydrogen-bond donors (Lipinski definition) is 1. The first-order chi connectivity index (χ1) is 11.7. The van der Waals surface area contributed by atoms with E-state index >= 15 is 0 Å². The van der Waals surface area contributed by atoms with Gasteiger partial charge in [0.15, 0.2) is 0 Å². The molecule has 0 amide bonds. The molecule has 0 aliphatic carbocycles. The van der Waals surface area contributed by atoms with Crippen LogP contribution in [0.1, 0.15) is 11.4 Å². The molecule has 3 heterocycles. The van der Waals surface area contributed by atoms with Gasteiger partial charge in [-0.3, -0.25) is 0 Å². The van der Waals surface area contributed by atoms with Crippen molar-refractivity contribution in [2.24, 2.45) is 9.98 Å². The average Bonchev–Trinajstić information content (AvgIpc) is 3.30. The van der Waals surface area contributed by atoms with Gasteiger partial charge in [-0.05, 0) is 0 Å². The molecule has 2 N–H and O–H groups in total. The minimum atomic E-state index is 0.339. The molecule has 4 nitrogen and oxygen atoms in total. The Morgan fingerprint density at radius 1 is 0.917 bits per heavy atom. The van der Waals surface area contributed by atoms with Crippen molar-refractivity contribution in [1.29, 1.82) is 0 Å². The Morgan fingerprint density at radius 3 is 2.29 bits per heavy atom. The number of aliphatic imine (C=N–C) groups is 2. The second kappa shape index (κ2) is 7.63. The van der Waals surface area contributed by atoms with E-state index < -0.39 is 0 Å². The standard InChI is InChI=1S/C18H13N4.2Co/c1-12(19)9-14-5-6-17(21-14)11-18-8-7-16(22-18)10-15-4-3-13(2)20-15;;/h1-11,19,21H;;/q-1;;. The molecule has 0 atom stereocenters. The summed E-state index contributed by atoms with van der Waals surface area (Å²) in [5.41, 5.74) is 13.1. The number of allylic oxidation sites excluding steroid dienone is 6. The topological polar surface area (TPSA) is 64.3 Å². The van der Waals surface area contributed by atoms with Gasteiger partial charge in [0.1, 0.15) is 0 Å². The molecule has 0 aromatic carbocycles. The Hall–Kier alpha value is -2.13. The number of aromatic amines is 1. The minimum absolute atomic E-state index is 0.339. The van der Waals surface area contributed by atoms with Gasteiger partial charge in [0.25, 0.3) is 0 Å². The normalized spacial score (nSPS) is 20.0. The Kier molecular flexibility index (Phi) is 5.31. The molecule has 3 rings (SSSR count). The Bertz CT molecular complexity index is 905. The summed E-state index contributed by atoms with van der Waals surface area (Å²) >= 11 is 8.14. The summed E-state index contributed by atoms with van der Waals surface area (Å²) in [7, 11) is 0. The first-order valence-electron chi connectivity index (χ1n) is 7.07. The molecule has 0 fully saturated rings. The first-order valence-corrected chi connectivity index (χ1v) is 8.27. The first kappa shape index (κ1) is 16.7. The van der Waals surface area contributed by atoms with Crippen molar-refractivity contribution in [1.82, 2.24) is 4.98 Å². The van der Waals surface area contributed by atoms with Gasteiger partial charge in [0.2, 0.25) is 0 Å². The fourth-order valence-electron chi connectivity index (χ4n) is 2.19. The molecule has 6 heteroatoms. The van der Waals surface area contributed by atoms with Crippen molar-refractivity contribution in [2.75, 3.05) is 0 Å². The van der Waals surface area contributed by atoms with Crippen LogP contribution in [0.25, 0.3) is 17.9 Å². The van der Waals surface area contributed by atoms with Crippen molar-refractivity contribution >= 4 is 33.5 Å². The molecule has 0 bridgehead atoms. The van der Waals surface area contributed by atoms with E-state index in [-0.39, 0.29) is 0 Å². The van der Waals surface area contributed by atoms with E-state index in [1.54, 1.807) is 11.0 Å². The molecule has 0 saturated carbocycles. The SMILES string of the molecule is [NH-]C([CH]=[Co])=Cc1ccc(C=C2C=CC(C=C3C=CC([CH]=[Co])=N3)=N2)[nH]1. The van der Waals surface area contributed by atoms with Gasteiger partial charge in [-0.1, -0.05) is 0 Å². The third kappa shape index (κ3) is 4.24. The molecule has 124 valence electrons. The van der Waals surface area contributed by atoms with E-state index in [0.29, 0.717) is 5.70 Å². The number of H-pyrrole nitrogens is 1. The van der Waals surface area contributed by atoms with Crippen molar-refractivity contribution in [3.63, 3.8) is 0 Å². The van der Waals surface area contributed by atoms with Crippen molar-refractivity contribution < 1.29 is 30.6 Å². The predicted octanol–water partition coefficient (Wildman–Crippen LogP) is 3.35. The summed E-state index contributed by atoms with van der Waals surface area (Å²) in [6.45, 7) is 0. The number of hydrogen-bond acceptors (Lipinski definition) is 2. The zero-order valence-corrected chi connectivity index (χ0v) is 14.5. The molecule has 0 spiro atoms. The van der Waals surface area contributed by atoms with Gasteiger partial charge < -0.3 is 0 Å². The molecule has 1 aromatic rings. The van der Waals surface area contributed by atoms with Crippen molar-refractivity contribution in [3.8, 4) is 0 Å². The van der Waals surface area contributed by atoms with Gasteiger partial charge in [0, 0.05) is 0 Å². The van der Waals surface area contributed by atoms with Gasteiger partial charge in [0.05, 0.1) is 0 Å². The van der Waals surface area contributed by atoms with E-state index in [1.807, 2.05) is 48.6 Å². The van der Waals surface area contributed by atoms with Crippen LogP contribution >= 0.6 is 0 Å². The second-order valence-electron chi connectivity index (χ2n) is 5.04. The molecule has 0 radical (unpaired) electrons. The Labute approximate surface area is 155 Å². The van der Waals surface area contributed by atoms with Gasteiger partial charge in [-0.25, -0.2) is 0 Å². The second-order valence-corrected chi connectivity index (χ2v) is 5.64. The summed E-state index contributed by atoms with van der Waals surface area (Å²) in [6.07, 6.45) is 13.3. The van der Waals surface area contributed by atoms with E-state index in [9.17, 15) is 0 Å². The monoisotopic (exact) mass is 403 g/mol. The number of aromatic nitrogens is 1. The Morgan fingerprint density at radius 2 is 1.58 bits per heavy atom. The van der Waals surface area contributed by atoms with Crippen LogP contribution in [-0.4, -0.2) is 26.3 Å². The summed E-state index contributed by atoms with van der Waals surface area (Å²) in [5, 5.41) is 0. The molecule has 0 saturated heterocycles. The van der Waals surface area contributed by atoms with Crippen LogP contribution in [-0.2, 0) is 30.6 Å². The van der Waals surface area contributed by atoms with Crippen LogP contribution in [0, 0.1) is 0 Å². The molecule has 2 aliphatic heterocycles. The van der Waals surface area contributed by atoms with Crippen molar-refractivity contribution in [2.45, 2.75) is 0 Å². The molecular weight excluding hydrogens is 390 g/mol. The number of nitrogens with zero attached hydrogens (tertiary/aromatic N) is 2. The molecule has 0 unspecified atom stereocenters. The fraction of sp³-hybridized carbons (Fsp3) is 0.